The number of hydrogen-bond acceptors (Lipinski definition) is 2. The lowest BCUT2D eigenvalue weighted by molar-refractivity contribution is -0.112. The van der Waals surface area contributed by atoms with Crippen LogP contribution in [-0.2, 0) is 16.6 Å². The summed E-state index contributed by atoms with van der Waals surface area (Å²) in [4.78, 5) is 11.6. The molecule has 2 nitrogen and oxygen atoms in total. The zero-order valence-electron chi connectivity index (χ0n) is 11.6. The largest absolute Gasteiger partial charge is 0.496 e. The second-order valence-corrected chi connectivity index (χ2v) is 5.47. The van der Waals surface area contributed by atoms with Gasteiger partial charge in [-0.1, -0.05) is 41.9 Å². The lowest BCUT2D eigenvalue weighted by Gasteiger charge is -2.24. The van der Waals surface area contributed by atoms with Gasteiger partial charge in [0.1, 0.15) is 12.0 Å². The summed E-state index contributed by atoms with van der Waals surface area (Å²) in [6.45, 7) is 1.93. The Labute approximate surface area is 124 Å². The van der Waals surface area contributed by atoms with Crippen molar-refractivity contribution >= 4 is 17.9 Å². The maximum Gasteiger partial charge on any atom is 0.130 e. The van der Waals surface area contributed by atoms with E-state index in [9.17, 15) is 4.79 Å². The number of carbonyl (C=O) groups excluding carboxylic acids is 1. The summed E-state index contributed by atoms with van der Waals surface area (Å²) in [5, 5.41) is 0.666. The number of ether oxygens (including phenoxy) is 1. The smallest absolute Gasteiger partial charge is 0.130 e. The Kier molecular flexibility index (Phi) is 4.46. The third-order valence-corrected chi connectivity index (χ3v) is 3.77. The molecule has 0 saturated carbocycles. The minimum absolute atomic E-state index is 0.585. The van der Waals surface area contributed by atoms with Crippen molar-refractivity contribution in [3.8, 4) is 5.75 Å². The van der Waals surface area contributed by atoms with E-state index in [4.69, 9.17) is 16.3 Å². The number of methoxy groups -OCH3 is 1. The van der Waals surface area contributed by atoms with Gasteiger partial charge in [-0.2, -0.15) is 0 Å². The second-order valence-electron chi connectivity index (χ2n) is 5.03. The van der Waals surface area contributed by atoms with Crippen molar-refractivity contribution in [1.29, 1.82) is 0 Å². The predicted octanol–water partition coefficient (Wildman–Crippen LogP) is 4.05. The molecule has 2 aromatic rings. The molecule has 1 unspecified atom stereocenters. The first kappa shape index (κ1) is 14.6. The molecule has 0 N–H and O–H groups in total. The first-order valence-electron chi connectivity index (χ1n) is 6.43. The molecule has 3 heteroatoms. The van der Waals surface area contributed by atoms with Gasteiger partial charge in [-0.05, 0) is 42.7 Å². The zero-order valence-corrected chi connectivity index (χ0v) is 12.4. The first-order chi connectivity index (χ1) is 9.59. The maximum absolute atomic E-state index is 11.6. The molecule has 0 aliphatic carbocycles. The van der Waals surface area contributed by atoms with Gasteiger partial charge in [0.25, 0.3) is 0 Å². The van der Waals surface area contributed by atoms with Gasteiger partial charge in [-0.3, -0.25) is 0 Å². The molecule has 0 aliphatic heterocycles. The van der Waals surface area contributed by atoms with Gasteiger partial charge in [-0.15, -0.1) is 0 Å². The summed E-state index contributed by atoms with van der Waals surface area (Å²) in [5.41, 5.74) is 1.36. The van der Waals surface area contributed by atoms with Gasteiger partial charge in [0.05, 0.1) is 12.5 Å². The molecule has 0 spiro atoms. The van der Waals surface area contributed by atoms with Gasteiger partial charge in [0.2, 0.25) is 0 Å². The van der Waals surface area contributed by atoms with Crippen LogP contribution in [0.5, 0.6) is 5.75 Å². The molecule has 0 aliphatic rings. The number of benzene rings is 2. The Balaban J connectivity index is 2.36. The Bertz CT molecular complexity index is 592. The Hall–Kier alpha value is -1.80. The average molecular weight is 289 g/mol. The topological polar surface area (TPSA) is 26.3 Å². The van der Waals surface area contributed by atoms with Gasteiger partial charge < -0.3 is 9.53 Å². The highest BCUT2D eigenvalue weighted by atomic mass is 35.5. The summed E-state index contributed by atoms with van der Waals surface area (Å²) in [5.74, 6) is 0.800. The molecule has 0 heterocycles. The second kappa shape index (κ2) is 6.10. The van der Waals surface area contributed by atoms with Crippen molar-refractivity contribution in [2.75, 3.05) is 7.11 Å². The first-order valence-corrected chi connectivity index (χ1v) is 6.81. The number of hydrogen-bond donors (Lipinski definition) is 0. The Morgan fingerprint density at radius 1 is 1.15 bits per heavy atom. The highest BCUT2D eigenvalue weighted by Gasteiger charge is 2.27. The van der Waals surface area contributed by atoms with Crippen molar-refractivity contribution in [2.24, 2.45) is 0 Å². The number of rotatable bonds is 5. The number of carbonyl (C=O) groups is 1. The van der Waals surface area contributed by atoms with Crippen molar-refractivity contribution in [3.05, 3.63) is 64.7 Å². The van der Waals surface area contributed by atoms with E-state index in [0.717, 1.165) is 23.2 Å². The summed E-state index contributed by atoms with van der Waals surface area (Å²) < 4.78 is 5.35. The van der Waals surface area contributed by atoms with Gasteiger partial charge in [0, 0.05) is 5.02 Å². The number of aldehydes is 1. The molecule has 0 amide bonds. The molecule has 0 aromatic heterocycles. The molecule has 20 heavy (non-hydrogen) atoms. The van der Waals surface area contributed by atoms with Crippen molar-refractivity contribution in [3.63, 3.8) is 0 Å². The van der Waals surface area contributed by atoms with Crippen LogP contribution >= 0.6 is 11.6 Å². The molecular weight excluding hydrogens is 272 g/mol. The summed E-state index contributed by atoms with van der Waals surface area (Å²) >= 11 is 5.90. The van der Waals surface area contributed by atoms with Crippen LogP contribution in [0.25, 0.3) is 0 Å². The van der Waals surface area contributed by atoms with Gasteiger partial charge in [0.15, 0.2) is 0 Å². The normalized spacial score (nSPS) is 13.6. The molecule has 2 rings (SSSR count). The third kappa shape index (κ3) is 3.02. The minimum atomic E-state index is -0.598. The van der Waals surface area contributed by atoms with Crippen LogP contribution in [0.4, 0.5) is 0 Å². The molecular formula is C17H17ClO2. The number of para-hydroxylation sites is 1. The lowest BCUT2D eigenvalue weighted by atomic mass is 9.78. The van der Waals surface area contributed by atoms with E-state index in [0.29, 0.717) is 11.4 Å². The van der Waals surface area contributed by atoms with E-state index < -0.39 is 5.41 Å². The van der Waals surface area contributed by atoms with Crippen LogP contribution in [0.3, 0.4) is 0 Å². The fraction of sp³-hybridized carbons (Fsp3) is 0.235. The summed E-state index contributed by atoms with van der Waals surface area (Å²) in [7, 11) is 1.64. The van der Waals surface area contributed by atoms with Crippen molar-refractivity contribution in [2.45, 2.75) is 18.8 Å². The predicted molar refractivity (Wildman–Crippen MR) is 81.6 cm³/mol. The van der Waals surface area contributed by atoms with E-state index in [1.807, 2.05) is 43.3 Å². The van der Waals surface area contributed by atoms with Crippen molar-refractivity contribution < 1.29 is 9.53 Å². The lowest BCUT2D eigenvalue weighted by Crippen LogP contribution is -2.27. The van der Waals surface area contributed by atoms with E-state index in [2.05, 4.69) is 0 Å². The SMILES string of the molecule is COc1ccccc1CC(C)(C=O)c1ccc(Cl)cc1. The van der Waals surface area contributed by atoms with Gasteiger partial charge >= 0.3 is 0 Å². The standard InChI is InChI=1S/C17H17ClO2/c1-17(12-19,14-7-9-15(18)10-8-14)11-13-5-3-4-6-16(13)20-2/h3-10,12H,11H2,1-2H3. The van der Waals surface area contributed by atoms with Crippen LogP contribution in [0.2, 0.25) is 5.02 Å². The van der Waals surface area contributed by atoms with Crippen LogP contribution in [-0.4, -0.2) is 13.4 Å². The molecule has 104 valence electrons. The maximum atomic E-state index is 11.6. The van der Waals surface area contributed by atoms with Crippen LogP contribution in [0, 0.1) is 0 Å². The Morgan fingerprint density at radius 2 is 1.80 bits per heavy atom. The minimum Gasteiger partial charge on any atom is -0.496 e. The van der Waals surface area contributed by atoms with E-state index in [1.54, 1.807) is 19.2 Å². The molecule has 0 fully saturated rings. The van der Waals surface area contributed by atoms with Crippen LogP contribution in [0.15, 0.2) is 48.5 Å². The van der Waals surface area contributed by atoms with E-state index in [-0.39, 0.29) is 0 Å². The summed E-state index contributed by atoms with van der Waals surface area (Å²) in [6, 6.07) is 15.2. The highest BCUT2D eigenvalue weighted by molar-refractivity contribution is 6.30. The monoisotopic (exact) mass is 288 g/mol. The zero-order chi connectivity index (χ0) is 14.6. The van der Waals surface area contributed by atoms with Gasteiger partial charge in [-0.25, -0.2) is 0 Å². The van der Waals surface area contributed by atoms with Crippen molar-refractivity contribution in [1.82, 2.24) is 0 Å². The molecule has 0 bridgehead atoms. The van der Waals surface area contributed by atoms with E-state index >= 15 is 0 Å². The van der Waals surface area contributed by atoms with E-state index in [1.165, 1.54) is 0 Å². The van der Waals surface area contributed by atoms with Crippen LogP contribution < -0.4 is 4.74 Å². The average Bonchev–Trinajstić information content (AvgIpc) is 2.48. The summed E-state index contributed by atoms with van der Waals surface area (Å²) in [6.07, 6.45) is 1.57. The van der Waals surface area contributed by atoms with Crippen LogP contribution in [0.1, 0.15) is 18.1 Å². The molecule has 2 aromatic carbocycles. The molecule has 1 atom stereocenters. The fourth-order valence-electron chi connectivity index (χ4n) is 2.29. The number of halogens is 1. The molecule has 0 saturated heterocycles. The Morgan fingerprint density at radius 3 is 2.40 bits per heavy atom. The quantitative estimate of drug-likeness (QED) is 0.776. The highest BCUT2D eigenvalue weighted by Crippen LogP contribution is 2.30. The third-order valence-electron chi connectivity index (χ3n) is 3.51. The fourth-order valence-corrected chi connectivity index (χ4v) is 2.41. The molecule has 0 radical (unpaired) electrons.